The summed E-state index contributed by atoms with van der Waals surface area (Å²) >= 11 is 0. The molecule has 2 rings (SSSR count). The number of amides is 1. The Balaban J connectivity index is 1.85. The van der Waals surface area contributed by atoms with E-state index in [1.165, 1.54) is 0 Å². The van der Waals surface area contributed by atoms with Crippen LogP contribution in [0.3, 0.4) is 0 Å². The molecule has 0 saturated carbocycles. The fourth-order valence-corrected chi connectivity index (χ4v) is 1.67. The molecule has 1 atom stereocenters. The van der Waals surface area contributed by atoms with Crippen LogP contribution in [0.4, 0.5) is 0 Å². The van der Waals surface area contributed by atoms with E-state index >= 15 is 0 Å². The van der Waals surface area contributed by atoms with E-state index in [-0.39, 0.29) is 5.91 Å². The highest BCUT2D eigenvalue weighted by Crippen LogP contribution is 2.13. The second-order valence-corrected chi connectivity index (χ2v) is 4.33. The van der Waals surface area contributed by atoms with Gasteiger partial charge in [0.15, 0.2) is 6.10 Å². The summed E-state index contributed by atoms with van der Waals surface area (Å²) in [6.07, 6.45) is 3.03. The Morgan fingerprint density at radius 1 is 1.40 bits per heavy atom. The van der Waals surface area contributed by atoms with Gasteiger partial charge < -0.3 is 15.0 Å². The van der Waals surface area contributed by atoms with Crippen molar-refractivity contribution in [1.82, 2.24) is 10.3 Å². The number of carbonyl (C=O) groups excluding carboxylic acids is 1. The number of H-pyrrole nitrogens is 1. The molecule has 20 heavy (non-hydrogen) atoms. The van der Waals surface area contributed by atoms with Crippen LogP contribution in [-0.4, -0.2) is 17.0 Å². The van der Waals surface area contributed by atoms with Gasteiger partial charge in [-0.25, -0.2) is 0 Å². The van der Waals surface area contributed by atoms with E-state index in [1.807, 2.05) is 18.3 Å². The van der Waals surface area contributed by atoms with Crippen LogP contribution in [0, 0.1) is 11.3 Å². The molecule has 0 saturated heterocycles. The van der Waals surface area contributed by atoms with Crippen molar-refractivity contribution in [3.05, 3.63) is 53.9 Å². The van der Waals surface area contributed by atoms with Gasteiger partial charge in [-0.1, -0.05) is 0 Å². The number of nitrogens with zero attached hydrogens (tertiary/aromatic N) is 1. The van der Waals surface area contributed by atoms with Crippen LogP contribution in [0.25, 0.3) is 0 Å². The second-order valence-electron chi connectivity index (χ2n) is 4.33. The third-order valence-corrected chi connectivity index (χ3v) is 2.79. The van der Waals surface area contributed by atoms with E-state index in [0.29, 0.717) is 17.9 Å². The Morgan fingerprint density at radius 3 is 2.75 bits per heavy atom. The Kier molecular flexibility index (Phi) is 4.40. The summed E-state index contributed by atoms with van der Waals surface area (Å²) in [6.45, 7) is 2.15. The summed E-state index contributed by atoms with van der Waals surface area (Å²) < 4.78 is 5.52. The zero-order valence-electron chi connectivity index (χ0n) is 11.1. The summed E-state index contributed by atoms with van der Waals surface area (Å²) in [4.78, 5) is 14.8. The van der Waals surface area contributed by atoms with Gasteiger partial charge in [-0.15, -0.1) is 0 Å². The lowest BCUT2D eigenvalue weighted by Gasteiger charge is -2.14. The van der Waals surface area contributed by atoms with Crippen LogP contribution in [-0.2, 0) is 11.3 Å². The topological polar surface area (TPSA) is 77.9 Å². The molecule has 0 aliphatic rings. The van der Waals surface area contributed by atoms with Crippen molar-refractivity contribution in [3.63, 3.8) is 0 Å². The van der Waals surface area contributed by atoms with Crippen molar-refractivity contribution in [1.29, 1.82) is 5.26 Å². The average molecular weight is 269 g/mol. The summed E-state index contributed by atoms with van der Waals surface area (Å²) in [5, 5.41) is 11.5. The standard InChI is InChI=1S/C15H15N3O2/c1-11(15(19)18-10-13-6-7-17-9-13)20-14-4-2-12(8-16)3-5-14/h2-7,9,11,17H,10H2,1H3,(H,18,19). The molecule has 1 amide bonds. The predicted molar refractivity (Wildman–Crippen MR) is 73.9 cm³/mol. The number of carbonyl (C=O) groups is 1. The molecule has 2 N–H and O–H groups in total. The molecule has 0 aliphatic carbocycles. The van der Waals surface area contributed by atoms with Gasteiger partial charge in [-0.2, -0.15) is 5.26 Å². The molecule has 5 heteroatoms. The smallest absolute Gasteiger partial charge is 0.261 e. The molecule has 0 aliphatic heterocycles. The van der Waals surface area contributed by atoms with Gasteiger partial charge in [0, 0.05) is 18.9 Å². The normalized spacial score (nSPS) is 11.4. The Hall–Kier alpha value is -2.74. The number of rotatable bonds is 5. The van der Waals surface area contributed by atoms with Gasteiger partial charge >= 0.3 is 0 Å². The molecule has 1 unspecified atom stereocenters. The summed E-state index contributed by atoms with van der Waals surface area (Å²) in [5.74, 6) is 0.379. The monoisotopic (exact) mass is 269 g/mol. The highest BCUT2D eigenvalue weighted by Gasteiger charge is 2.14. The SMILES string of the molecule is CC(Oc1ccc(C#N)cc1)C(=O)NCc1cc[nH]c1. The lowest BCUT2D eigenvalue weighted by molar-refractivity contribution is -0.127. The van der Waals surface area contributed by atoms with E-state index in [0.717, 1.165) is 5.56 Å². The van der Waals surface area contributed by atoms with Crippen molar-refractivity contribution in [2.75, 3.05) is 0 Å². The van der Waals surface area contributed by atoms with Crippen molar-refractivity contribution in [2.45, 2.75) is 19.6 Å². The molecular weight excluding hydrogens is 254 g/mol. The second kappa shape index (κ2) is 6.43. The van der Waals surface area contributed by atoms with Crippen LogP contribution >= 0.6 is 0 Å². The summed E-state index contributed by atoms with van der Waals surface area (Å²) in [6, 6.07) is 10.6. The summed E-state index contributed by atoms with van der Waals surface area (Å²) in [5.41, 5.74) is 1.56. The first-order chi connectivity index (χ1) is 9.69. The summed E-state index contributed by atoms with van der Waals surface area (Å²) in [7, 11) is 0. The van der Waals surface area contributed by atoms with Gasteiger partial charge in [-0.3, -0.25) is 4.79 Å². The van der Waals surface area contributed by atoms with Gasteiger partial charge in [0.05, 0.1) is 11.6 Å². The largest absolute Gasteiger partial charge is 0.481 e. The highest BCUT2D eigenvalue weighted by atomic mass is 16.5. The number of aromatic amines is 1. The number of nitriles is 1. The molecule has 1 aromatic carbocycles. The van der Waals surface area contributed by atoms with Crippen molar-refractivity contribution in [3.8, 4) is 11.8 Å². The fourth-order valence-electron chi connectivity index (χ4n) is 1.67. The highest BCUT2D eigenvalue weighted by molar-refractivity contribution is 5.80. The number of benzene rings is 1. The third-order valence-electron chi connectivity index (χ3n) is 2.79. The number of aromatic nitrogens is 1. The lowest BCUT2D eigenvalue weighted by Crippen LogP contribution is -2.35. The third kappa shape index (κ3) is 3.62. The Morgan fingerprint density at radius 2 is 2.15 bits per heavy atom. The fraction of sp³-hybridized carbons (Fsp3) is 0.200. The molecule has 0 radical (unpaired) electrons. The molecule has 0 fully saturated rings. The number of hydrogen-bond donors (Lipinski definition) is 2. The van der Waals surface area contributed by atoms with Crippen LogP contribution < -0.4 is 10.1 Å². The first-order valence-corrected chi connectivity index (χ1v) is 6.25. The average Bonchev–Trinajstić information content (AvgIpc) is 2.98. The molecular formula is C15H15N3O2. The molecule has 0 spiro atoms. The zero-order valence-corrected chi connectivity index (χ0v) is 11.1. The Labute approximate surface area is 117 Å². The van der Waals surface area contributed by atoms with Gasteiger partial charge in [0.2, 0.25) is 0 Å². The van der Waals surface area contributed by atoms with Crippen LogP contribution in [0.1, 0.15) is 18.1 Å². The minimum absolute atomic E-state index is 0.185. The minimum Gasteiger partial charge on any atom is -0.481 e. The van der Waals surface area contributed by atoms with E-state index in [4.69, 9.17) is 10.00 Å². The van der Waals surface area contributed by atoms with Crippen molar-refractivity contribution >= 4 is 5.91 Å². The first-order valence-electron chi connectivity index (χ1n) is 6.25. The zero-order chi connectivity index (χ0) is 14.4. The minimum atomic E-state index is -0.595. The molecule has 0 bridgehead atoms. The van der Waals surface area contributed by atoms with Gasteiger partial charge in [0.1, 0.15) is 5.75 Å². The van der Waals surface area contributed by atoms with Gasteiger partial charge in [0.25, 0.3) is 5.91 Å². The van der Waals surface area contributed by atoms with Crippen molar-refractivity contribution in [2.24, 2.45) is 0 Å². The van der Waals surface area contributed by atoms with E-state index in [9.17, 15) is 4.79 Å². The maximum absolute atomic E-state index is 11.9. The predicted octanol–water partition coefficient (Wildman–Crippen LogP) is 1.97. The molecule has 1 heterocycles. The maximum Gasteiger partial charge on any atom is 0.261 e. The van der Waals surface area contributed by atoms with Crippen LogP contribution in [0.5, 0.6) is 5.75 Å². The number of ether oxygens (including phenoxy) is 1. The van der Waals surface area contributed by atoms with E-state index in [2.05, 4.69) is 10.3 Å². The quantitative estimate of drug-likeness (QED) is 0.871. The first kappa shape index (κ1) is 13.7. The number of nitrogens with one attached hydrogen (secondary N) is 2. The maximum atomic E-state index is 11.9. The van der Waals surface area contributed by atoms with E-state index in [1.54, 1.807) is 37.4 Å². The van der Waals surface area contributed by atoms with Gasteiger partial charge in [-0.05, 0) is 42.8 Å². The Bertz CT molecular complexity index is 597. The molecule has 2 aromatic rings. The van der Waals surface area contributed by atoms with Crippen LogP contribution in [0.15, 0.2) is 42.7 Å². The van der Waals surface area contributed by atoms with Crippen LogP contribution in [0.2, 0.25) is 0 Å². The van der Waals surface area contributed by atoms with Crippen molar-refractivity contribution < 1.29 is 9.53 Å². The molecule has 5 nitrogen and oxygen atoms in total. The van der Waals surface area contributed by atoms with E-state index < -0.39 is 6.10 Å². The molecule has 1 aromatic heterocycles. The molecule has 102 valence electrons. The number of hydrogen-bond acceptors (Lipinski definition) is 3. The lowest BCUT2D eigenvalue weighted by atomic mass is 10.2.